The van der Waals surface area contributed by atoms with Crippen LogP contribution in [-0.2, 0) is 0 Å². The number of carbonyl (C=O) groups excluding carboxylic acids is 1. The molecule has 1 amide bonds. The summed E-state index contributed by atoms with van der Waals surface area (Å²) in [5.74, 6) is 1.40. The molecule has 0 spiro atoms. The second kappa shape index (κ2) is 6.54. The molecule has 1 N–H and O–H groups in total. The minimum absolute atomic E-state index is 0.0957. The van der Waals surface area contributed by atoms with Crippen LogP contribution in [0.5, 0.6) is 11.5 Å². The number of fused-ring (bicyclic) bond motifs is 4. The molecule has 4 aromatic rings. The number of thiophene rings is 1. The normalized spacial score (nSPS) is 15.0. The van der Waals surface area contributed by atoms with Crippen LogP contribution in [0.2, 0.25) is 0 Å². The zero-order chi connectivity index (χ0) is 18.4. The van der Waals surface area contributed by atoms with E-state index in [0.29, 0.717) is 18.1 Å². The lowest BCUT2D eigenvalue weighted by atomic mass is 10.1. The fraction of sp³-hybridized carbons (Fsp3) is 0.263. The zero-order valence-electron chi connectivity index (χ0n) is 14.6. The first-order valence-corrected chi connectivity index (χ1v) is 10.4. The first-order valence-electron chi connectivity index (χ1n) is 8.74. The van der Waals surface area contributed by atoms with Gasteiger partial charge in [-0.05, 0) is 30.7 Å². The molecule has 8 heteroatoms. The molecule has 0 aliphatic carbocycles. The third-order valence-electron chi connectivity index (χ3n) is 4.58. The summed E-state index contributed by atoms with van der Waals surface area (Å²) in [5, 5.41) is 5.06. The number of rotatable bonds is 3. The third-order valence-corrected chi connectivity index (χ3v) is 6.36. The molecule has 3 aromatic heterocycles. The molecule has 1 aliphatic heterocycles. The lowest BCUT2D eigenvalue weighted by molar-refractivity contribution is 0.0944. The number of hydrogen-bond donors (Lipinski definition) is 1. The highest BCUT2D eigenvalue weighted by molar-refractivity contribution is 7.21. The number of aromatic nitrogens is 2. The van der Waals surface area contributed by atoms with E-state index in [1.807, 2.05) is 47.2 Å². The van der Waals surface area contributed by atoms with Crippen molar-refractivity contribution in [2.24, 2.45) is 0 Å². The van der Waals surface area contributed by atoms with Gasteiger partial charge in [-0.2, -0.15) is 0 Å². The van der Waals surface area contributed by atoms with Crippen LogP contribution in [-0.4, -0.2) is 28.5 Å². The molecule has 1 unspecified atom stereocenters. The van der Waals surface area contributed by atoms with Crippen molar-refractivity contribution in [3.8, 4) is 11.5 Å². The van der Waals surface area contributed by atoms with Gasteiger partial charge in [-0.15, -0.1) is 22.7 Å². The van der Waals surface area contributed by atoms with Gasteiger partial charge in [0.2, 0.25) is 0 Å². The lowest BCUT2D eigenvalue weighted by Gasteiger charge is -2.16. The van der Waals surface area contributed by atoms with Gasteiger partial charge in [-0.25, -0.2) is 4.98 Å². The van der Waals surface area contributed by atoms with Crippen molar-refractivity contribution in [2.75, 3.05) is 13.2 Å². The molecule has 0 bridgehead atoms. The molecular formula is C19H17N3O3S2. The summed E-state index contributed by atoms with van der Waals surface area (Å²) in [5.41, 5.74) is 1.96. The standard InChI is InChI=1S/C19H17N3O3S2/c1-11(12-3-4-14-15(9-12)25-7-2-6-24-14)20-17(23)16-10-13-18(27-16)21-19-22(13)5-8-26-19/h3-5,8-11H,2,6-7H2,1H3,(H,20,23). The molecular weight excluding hydrogens is 382 g/mol. The summed E-state index contributed by atoms with van der Waals surface area (Å²) in [4.78, 5) is 19.8. The van der Waals surface area contributed by atoms with Crippen molar-refractivity contribution in [2.45, 2.75) is 19.4 Å². The quantitative estimate of drug-likeness (QED) is 0.559. The van der Waals surface area contributed by atoms with Gasteiger partial charge < -0.3 is 14.8 Å². The average Bonchev–Trinajstić information content (AvgIpc) is 3.29. The van der Waals surface area contributed by atoms with Gasteiger partial charge in [-0.3, -0.25) is 9.20 Å². The minimum atomic E-state index is -0.145. The predicted molar refractivity (Wildman–Crippen MR) is 106 cm³/mol. The first-order chi connectivity index (χ1) is 13.2. The fourth-order valence-corrected chi connectivity index (χ4v) is 4.86. The topological polar surface area (TPSA) is 64.9 Å². The van der Waals surface area contributed by atoms with Gasteiger partial charge in [-0.1, -0.05) is 6.07 Å². The Bertz CT molecular complexity index is 1140. The monoisotopic (exact) mass is 399 g/mol. The molecule has 5 rings (SSSR count). The molecule has 138 valence electrons. The van der Waals surface area contributed by atoms with Gasteiger partial charge in [0.1, 0.15) is 4.83 Å². The Kier molecular flexibility index (Phi) is 4.02. The number of ether oxygens (including phenoxy) is 2. The Labute approximate surface area is 163 Å². The highest BCUT2D eigenvalue weighted by Gasteiger charge is 2.19. The SMILES string of the molecule is CC(NC(=O)c1cc2c(nc3sccn32)s1)c1ccc2c(c1)OCCCO2. The molecule has 4 heterocycles. The van der Waals surface area contributed by atoms with Crippen LogP contribution in [0, 0.1) is 0 Å². The van der Waals surface area contributed by atoms with E-state index in [0.717, 1.165) is 38.8 Å². The largest absolute Gasteiger partial charge is 0.490 e. The maximum absolute atomic E-state index is 12.7. The number of thiazole rings is 1. The maximum Gasteiger partial charge on any atom is 0.261 e. The number of nitrogens with one attached hydrogen (secondary N) is 1. The smallest absolute Gasteiger partial charge is 0.261 e. The predicted octanol–water partition coefficient (Wildman–Crippen LogP) is 4.26. The highest BCUT2D eigenvalue weighted by Crippen LogP contribution is 2.33. The van der Waals surface area contributed by atoms with Crippen LogP contribution < -0.4 is 14.8 Å². The second-order valence-corrected chi connectivity index (χ2v) is 8.32. The first kappa shape index (κ1) is 16.6. The van der Waals surface area contributed by atoms with Crippen molar-refractivity contribution in [3.05, 3.63) is 46.3 Å². The van der Waals surface area contributed by atoms with Crippen molar-refractivity contribution in [3.63, 3.8) is 0 Å². The van der Waals surface area contributed by atoms with Crippen LogP contribution in [0.3, 0.4) is 0 Å². The van der Waals surface area contributed by atoms with Gasteiger partial charge >= 0.3 is 0 Å². The summed E-state index contributed by atoms with van der Waals surface area (Å²) in [6, 6.07) is 7.58. The van der Waals surface area contributed by atoms with E-state index in [1.54, 1.807) is 11.3 Å². The average molecular weight is 399 g/mol. The van der Waals surface area contributed by atoms with E-state index in [1.165, 1.54) is 11.3 Å². The summed E-state index contributed by atoms with van der Waals surface area (Å²) in [6.45, 7) is 3.27. The molecule has 1 aliphatic rings. The number of carbonyl (C=O) groups is 1. The van der Waals surface area contributed by atoms with Crippen molar-refractivity contribution >= 4 is 43.9 Å². The molecule has 1 atom stereocenters. The summed E-state index contributed by atoms with van der Waals surface area (Å²) in [7, 11) is 0. The fourth-order valence-electron chi connectivity index (χ4n) is 3.16. The van der Waals surface area contributed by atoms with Crippen LogP contribution in [0.1, 0.15) is 34.6 Å². The molecule has 0 saturated carbocycles. The van der Waals surface area contributed by atoms with Crippen LogP contribution >= 0.6 is 22.7 Å². The molecule has 0 fully saturated rings. The van der Waals surface area contributed by atoms with E-state index in [2.05, 4.69) is 10.3 Å². The van der Waals surface area contributed by atoms with E-state index < -0.39 is 0 Å². The third kappa shape index (κ3) is 2.94. The maximum atomic E-state index is 12.7. The van der Waals surface area contributed by atoms with E-state index in [4.69, 9.17) is 9.47 Å². The van der Waals surface area contributed by atoms with E-state index >= 15 is 0 Å². The van der Waals surface area contributed by atoms with Crippen molar-refractivity contribution in [1.82, 2.24) is 14.7 Å². The Hall–Kier alpha value is -2.58. The molecule has 0 saturated heterocycles. The molecule has 6 nitrogen and oxygen atoms in total. The Morgan fingerprint density at radius 2 is 2.11 bits per heavy atom. The van der Waals surface area contributed by atoms with Crippen molar-refractivity contribution in [1.29, 1.82) is 0 Å². The van der Waals surface area contributed by atoms with Gasteiger partial charge in [0.25, 0.3) is 5.91 Å². The summed E-state index contributed by atoms with van der Waals surface area (Å²) in [6.07, 6.45) is 2.85. The van der Waals surface area contributed by atoms with Crippen LogP contribution in [0.25, 0.3) is 15.3 Å². The van der Waals surface area contributed by atoms with Crippen LogP contribution in [0.15, 0.2) is 35.8 Å². The summed E-state index contributed by atoms with van der Waals surface area (Å²) < 4.78 is 13.4. The number of hydrogen-bond acceptors (Lipinski definition) is 6. The van der Waals surface area contributed by atoms with Crippen LogP contribution in [0.4, 0.5) is 0 Å². The lowest BCUT2D eigenvalue weighted by Crippen LogP contribution is -2.25. The van der Waals surface area contributed by atoms with E-state index in [9.17, 15) is 4.79 Å². The highest BCUT2D eigenvalue weighted by atomic mass is 32.1. The van der Waals surface area contributed by atoms with Crippen molar-refractivity contribution < 1.29 is 14.3 Å². The minimum Gasteiger partial charge on any atom is -0.490 e. The number of imidazole rings is 1. The second-order valence-electron chi connectivity index (χ2n) is 6.42. The Balaban J connectivity index is 1.37. The zero-order valence-corrected chi connectivity index (χ0v) is 16.2. The molecule has 1 aromatic carbocycles. The Morgan fingerprint density at radius 1 is 1.26 bits per heavy atom. The molecule has 0 radical (unpaired) electrons. The summed E-state index contributed by atoms with van der Waals surface area (Å²) >= 11 is 3.00. The number of amides is 1. The van der Waals surface area contributed by atoms with Gasteiger partial charge in [0.05, 0.1) is 29.6 Å². The molecule has 27 heavy (non-hydrogen) atoms. The Morgan fingerprint density at radius 3 is 3.00 bits per heavy atom. The van der Waals surface area contributed by atoms with Gasteiger partial charge in [0.15, 0.2) is 16.5 Å². The number of benzene rings is 1. The van der Waals surface area contributed by atoms with E-state index in [-0.39, 0.29) is 11.9 Å². The number of nitrogens with zero attached hydrogens (tertiary/aromatic N) is 2. The van der Waals surface area contributed by atoms with Gasteiger partial charge in [0, 0.05) is 18.0 Å².